The van der Waals surface area contributed by atoms with Gasteiger partial charge in [0.25, 0.3) is 0 Å². The first kappa shape index (κ1) is 15.0. The van der Waals surface area contributed by atoms with Crippen molar-refractivity contribution in [2.24, 2.45) is 5.84 Å². The molecule has 2 heterocycles. The molecule has 2 fully saturated rings. The minimum Gasteiger partial charge on any atom is -0.335 e. The molecule has 3 rings (SSSR count). The molecule has 5 heteroatoms. The lowest BCUT2D eigenvalue weighted by atomic mass is 9.84. The highest BCUT2D eigenvalue weighted by Gasteiger charge is 2.46. The molecule has 2 aliphatic rings. The smallest absolute Gasteiger partial charge is 0.110 e. The van der Waals surface area contributed by atoms with Crippen molar-refractivity contribution in [1.29, 1.82) is 0 Å². The number of hydrazine groups is 1. The second-order valence-corrected chi connectivity index (χ2v) is 6.56. The van der Waals surface area contributed by atoms with E-state index in [0.29, 0.717) is 6.04 Å². The SMILES string of the molecule is CCn1ccnc1CC(NN)C1(N2CCCC2)CCCC1. The highest BCUT2D eigenvalue weighted by molar-refractivity contribution is 5.08. The molecule has 0 spiro atoms. The number of imidazole rings is 1. The molecule has 1 aliphatic heterocycles. The average molecular weight is 291 g/mol. The largest absolute Gasteiger partial charge is 0.335 e. The molecule has 1 atom stereocenters. The third-order valence-electron chi connectivity index (χ3n) is 5.58. The fourth-order valence-electron chi connectivity index (χ4n) is 4.44. The molecular weight excluding hydrogens is 262 g/mol. The van der Waals surface area contributed by atoms with Crippen molar-refractivity contribution >= 4 is 0 Å². The molecular formula is C16H29N5. The Kier molecular flexibility index (Phi) is 4.62. The van der Waals surface area contributed by atoms with Crippen LogP contribution in [0.25, 0.3) is 0 Å². The lowest BCUT2D eigenvalue weighted by molar-refractivity contribution is 0.0754. The van der Waals surface area contributed by atoms with E-state index < -0.39 is 0 Å². The predicted octanol–water partition coefficient (Wildman–Crippen LogP) is 1.69. The van der Waals surface area contributed by atoms with Crippen LogP contribution in [0, 0.1) is 0 Å². The van der Waals surface area contributed by atoms with Gasteiger partial charge in [0.05, 0.1) is 0 Å². The van der Waals surface area contributed by atoms with Crippen LogP contribution >= 0.6 is 0 Å². The summed E-state index contributed by atoms with van der Waals surface area (Å²) >= 11 is 0. The van der Waals surface area contributed by atoms with Crippen LogP contribution in [0.3, 0.4) is 0 Å². The van der Waals surface area contributed by atoms with Gasteiger partial charge in [0.2, 0.25) is 0 Å². The number of aryl methyl sites for hydroxylation is 1. The zero-order chi connectivity index (χ0) is 14.7. The van der Waals surface area contributed by atoms with E-state index in [0.717, 1.165) is 18.8 Å². The van der Waals surface area contributed by atoms with Crippen molar-refractivity contribution in [3.63, 3.8) is 0 Å². The van der Waals surface area contributed by atoms with Crippen molar-refractivity contribution < 1.29 is 0 Å². The molecule has 5 nitrogen and oxygen atoms in total. The van der Waals surface area contributed by atoms with Gasteiger partial charge in [-0.15, -0.1) is 0 Å². The molecule has 1 saturated heterocycles. The summed E-state index contributed by atoms with van der Waals surface area (Å²) in [7, 11) is 0. The number of nitrogens with two attached hydrogens (primary N) is 1. The lowest BCUT2D eigenvalue weighted by Gasteiger charge is -2.44. The first-order valence-electron chi connectivity index (χ1n) is 8.51. The van der Waals surface area contributed by atoms with E-state index >= 15 is 0 Å². The Morgan fingerprint density at radius 3 is 2.62 bits per heavy atom. The Bertz CT molecular complexity index is 443. The molecule has 118 valence electrons. The van der Waals surface area contributed by atoms with Crippen LogP contribution in [0.2, 0.25) is 0 Å². The van der Waals surface area contributed by atoms with Gasteiger partial charge in [0.15, 0.2) is 0 Å². The maximum absolute atomic E-state index is 6.00. The van der Waals surface area contributed by atoms with E-state index in [2.05, 4.69) is 33.0 Å². The Hall–Kier alpha value is -0.910. The Morgan fingerprint density at radius 2 is 2.00 bits per heavy atom. The minimum absolute atomic E-state index is 0.246. The number of nitrogens with zero attached hydrogens (tertiary/aromatic N) is 3. The van der Waals surface area contributed by atoms with Gasteiger partial charge >= 0.3 is 0 Å². The zero-order valence-electron chi connectivity index (χ0n) is 13.2. The molecule has 1 aliphatic carbocycles. The van der Waals surface area contributed by atoms with E-state index in [4.69, 9.17) is 5.84 Å². The molecule has 1 aromatic rings. The van der Waals surface area contributed by atoms with Gasteiger partial charge in [0.1, 0.15) is 5.82 Å². The number of hydrogen-bond donors (Lipinski definition) is 2. The summed E-state index contributed by atoms with van der Waals surface area (Å²) in [5.74, 6) is 7.16. The highest BCUT2D eigenvalue weighted by atomic mass is 15.3. The summed E-state index contributed by atoms with van der Waals surface area (Å²) in [6.45, 7) is 5.62. The average Bonchev–Trinajstić information content (AvgIpc) is 3.24. The summed E-state index contributed by atoms with van der Waals surface area (Å²) in [5.41, 5.74) is 3.40. The maximum atomic E-state index is 6.00. The Labute approximate surface area is 127 Å². The monoisotopic (exact) mass is 291 g/mol. The summed E-state index contributed by atoms with van der Waals surface area (Å²) < 4.78 is 2.23. The fraction of sp³-hybridized carbons (Fsp3) is 0.812. The second-order valence-electron chi connectivity index (χ2n) is 6.56. The van der Waals surface area contributed by atoms with Crippen molar-refractivity contribution in [1.82, 2.24) is 19.9 Å². The molecule has 1 saturated carbocycles. The van der Waals surface area contributed by atoms with E-state index in [1.54, 1.807) is 0 Å². The quantitative estimate of drug-likeness (QED) is 0.618. The predicted molar refractivity (Wildman–Crippen MR) is 84.7 cm³/mol. The van der Waals surface area contributed by atoms with Crippen LogP contribution in [0.15, 0.2) is 12.4 Å². The standard InChI is InChI=1S/C16H29N5/c1-2-20-12-9-18-15(20)13-14(19-17)16(7-3-4-8-16)21-10-5-6-11-21/h9,12,14,19H,2-8,10-11,13,17H2,1H3. The number of likely N-dealkylation sites (tertiary alicyclic amines) is 1. The third kappa shape index (κ3) is 2.74. The molecule has 3 N–H and O–H groups in total. The number of rotatable bonds is 6. The fourth-order valence-corrected chi connectivity index (χ4v) is 4.44. The van der Waals surface area contributed by atoms with Crippen LogP contribution in [-0.2, 0) is 13.0 Å². The van der Waals surface area contributed by atoms with Gasteiger partial charge in [0, 0.05) is 36.9 Å². The summed E-state index contributed by atoms with van der Waals surface area (Å²) in [6.07, 6.45) is 12.8. The number of nitrogens with one attached hydrogen (secondary N) is 1. The zero-order valence-corrected chi connectivity index (χ0v) is 13.2. The van der Waals surface area contributed by atoms with Crippen LogP contribution in [0.5, 0.6) is 0 Å². The van der Waals surface area contributed by atoms with Crippen LogP contribution in [0.1, 0.15) is 51.3 Å². The molecule has 1 aromatic heterocycles. The molecule has 0 amide bonds. The topological polar surface area (TPSA) is 59.1 Å². The van der Waals surface area contributed by atoms with E-state index in [1.807, 2.05) is 6.20 Å². The molecule has 0 aromatic carbocycles. The second kappa shape index (κ2) is 6.46. The van der Waals surface area contributed by atoms with E-state index in [1.165, 1.54) is 51.6 Å². The van der Waals surface area contributed by atoms with Gasteiger partial charge < -0.3 is 4.57 Å². The number of aromatic nitrogens is 2. The van der Waals surface area contributed by atoms with Crippen LogP contribution in [0.4, 0.5) is 0 Å². The molecule has 1 unspecified atom stereocenters. The number of hydrogen-bond acceptors (Lipinski definition) is 4. The first-order valence-corrected chi connectivity index (χ1v) is 8.51. The van der Waals surface area contributed by atoms with Crippen molar-refractivity contribution in [2.75, 3.05) is 13.1 Å². The highest BCUT2D eigenvalue weighted by Crippen LogP contribution is 2.40. The summed E-state index contributed by atoms with van der Waals surface area (Å²) in [5, 5.41) is 0. The summed E-state index contributed by atoms with van der Waals surface area (Å²) in [4.78, 5) is 7.26. The van der Waals surface area contributed by atoms with Crippen molar-refractivity contribution in [2.45, 2.75) is 70.0 Å². The normalized spacial score (nSPS) is 23.7. The first-order chi connectivity index (χ1) is 10.3. The van der Waals surface area contributed by atoms with Gasteiger partial charge in [-0.3, -0.25) is 16.2 Å². The Morgan fingerprint density at radius 1 is 1.29 bits per heavy atom. The maximum Gasteiger partial charge on any atom is 0.110 e. The van der Waals surface area contributed by atoms with Crippen molar-refractivity contribution in [3.8, 4) is 0 Å². The van der Waals surface area contributed by atoms with E-state index in [9.17, 15) is 0 Å². The molecule has 0 radical (unpaired) electrons. The lowest BCUT2D eigenvalue weighted by Crippen LogP contribution is -2.61. The summed E-state index contributed by atoms with van der Waals surface area (Å²) in [6, 6.07) is 0.297. The van der Waals surface area contributed by atoms with Crippen LogP contribution in [-0.4, -0.2) is 39.1 Å². The van der Waals surface area contributed by atoms with E-state index in [-0.39, 0.29) is 5.54 Å². The minimum atomic E-state index is 0.246. The van der Waals surface area contributed by atoms with Gasteiger partial charge in [-0.2, -0.15) is 0 Å². The van der Waals surface area contributed by atoms with Gasteiger partial charge in [-0.05, 0) is 45.7 Å². The Balaban J connectivity index is 1.82. The van der Waals surface area contributed by atoms with Crippen LogP contribution < -0.4 is 11.3 Å². The molecule has 0 bridgehead atoms. The van der Waals surface area contributed by atoms with Gasteiger partial charge in [-0.1, -0.05) is 12.8 Å². The van der Waals surface area contributed by atoms with Crippen molar-refractivity contribution in [3.05, 3.63) is 18.2 Å². The third-order valence-corrected chi connectivity index (χ3v) is 5.58. The molecule has 21 heavy (non-hydrogen) atoms. The van der Waals surface area contributed by atoms with Gasteiger partial charge in [-0.25, -0.2) is 4.98 Å².